The lowest BCUT2D eigenvalue weighted by Gasteiger charge is -2.09. The molecule has 0 aliphatic rings. The highest BCUT2D eigenvalue weighted by Crippen LogP contribution is 2.25. The smallest absolute Gasteiger partial charge is 0.257 e. The van der Waals surface area contributed by atoms with Crippen molar-refractivity contribution in [2.75, 3.05) is 5.32 Å². The van der Waals surface area contributed by atoms with Gasteiger partial charge in [-0.15, -0.1) is 0 Å². The quantitative estimate of drug-likeness (QED) is 0.800. The van der Waals surface area contributed by atoms with Crippen LogP contribution in [0.2, 0.25) is 0 Å². The number of carbonyl (C=O) groups excluding carboxylic acids is 1. The van der Waals surface area contributed by atoms with E-state index in [9.17, 15) is 9.18 Å². The first kappa shape index (κ1) is 15.0. The number of benzene rings is 2. The van der Waals surface area contributed by atoms with E-state index in [0.717, 1.165) is 16.8 Å². The monoisotopic (exact) mass is 309 g/mol. The number of nitrogens with zero attached hydrogens (tertiary/aromatic N) is 2. The van der Waals surface area contributed by atoms with E-state index in [4.69, 9.17) is 0 Å². The normalized spacial score (nSPS) is 10.6. The largest absolute Gasteiger partial charge is 0.313 e. The second-order valence-electron chi connectivity index (χ2n) is 5.30. The van der Waals surface area contributed by atoms with E-state index < -0.39 is 0 Å². The number of carbonyl (C=O) groups is 1. The topological polar surface area (TPSA) is 46.9 Å². The number of halogens is 1. The molecule has 1 heterocycles. The molecule has 0 saturated heterocycles. The molecule has 0 unspecified atom stereocenters. The van der Waals surface area contributed by atoms with Gasteiger partial charge in [0, 0.05) is 18.2 Å². The maximum absolute atomic E-state index is 12.9. The molecule has 4 nitrogen and oxygen atoms in total. The summed E-state index contributed by atoms with van der Waals surface area (Å²) >= 11 is 0. The van der Waals surface area contributed by atoms with Crippen molar-refractivity contribution in [3.63, 3.8) is 0 Å². The summed E-state index contributed by atoms with van der Waals surface area (Å²) in [5, 5.41) is 2.75. The van der Waals surface area contributed by atoms with Gasteiger partial charge in [-0.05, 0) is 36.8 Å². The number of hydrogen-bond donors (Lipinski definition) is 1. The molecular formula is C18H16FN3O. The zero-order valence-electron chi connectivity index (χ0n) is 12.9. The highest BCUT2D eigenvalue weighted by atomic mass is 19.1. The lowest BCUT2D eigenvalue weighted by Crippen LogP contribution is -2.15. The molecule has 2 aromatic carbocycles. The van der Waals surface area contributed by atoms with Crippen LogP contribution in [0.5, 0.6) is 0 Å². The van der Waals surface area contributed by atoms with Crippen molar-refractivity contribution in [3.05, 3.63) is 71.7 Å². The van der Waals surface area contributed by atoms with Crippen molar-refractivity contribution in [1.82, 2.24) is 9.55 Å². The van der Waals surface area contributed by atoms with Crippen molar-refractivity contribution < 1.29 is 9.18 Å². The molecule has 1 amide bonds. The number of nitrogens with one attached hydrogen (secondary N) is 1. The predicted octanol–water partition coefficient (Wildman–Crippen LogP) is 3.79. The Morgan fingerprint density at radius 3 is 2.52 bits per heavy atom. The first-order valence-electron chi connectivity index (χ1n) is 7.21. The molecule has 0 radical (unpaired) electrons. The minimum absolute atomic E-state index is 0.324. The maximum atomic E-state index is 12.9. The molecular weight excluding hydrogens is 293 g/mol. The fourth-order valence-electron chi connectivity index (χ4n) is 2.41. The Balaban J connectivity index is 1.87. The van der Waals surface area contributed by atoms with Gasteiger partial charge in [0.05, 0.1) is 11.9 Å². The van der Waals surface area contributed by atoms with Gasteiger partial charge in [0.15, 0.2) is 0 Å². The highest BCUT2D eigenvalue weighted by molar-refractivity contribution is 6.03. The molecule has 0 atom stereocenters. The van der Waals surface area contributed by atoms with Gasteiger partial charge < -0.3 is 4.57 Å². The number of imidazole rings is 1. The molecule has 0 spiro atoms. The van der Waals surface area contributed by atoms with Crippen LogP contribution in [0.15, 0.2) is 54.7 Å². The summed E-state index contributed by atoms with van der Waals surface area (Å²) < 4.78 is 14.7. The van der Waals surface area contributed by atoms with E-state index in [1.807, 2.05) is 42.8 Å². The molecule has 1 N–H and O–H groups in total. The van der Waals surface area contributed by atoms with E-state index in [0.29, 0.717) is 11.5 Å². The third kappa shape index (κ3) is 2.99. The van der Waals surface area contributed by atoms with Gasteiger partial charge in [-0.2, -0.15) is 0 Å². The summed E-state index contributed by atoms with van der Waals surface area (Å²) in [5.74, 6) is -0.256. The van der Waals surface area contributed by atoms with Gasteiger partial charge in [-0.3, -0.25) is 10.1 Å². The Morgan fingerprint density at radius 1 is 1.13 bits per heavy atom. The minimum atomic E-state index is -0.375. The molecule has 3 aromatic rings. The number of aryl methyl sites for hydroxylation is 1. The lowest BCUT2D eigenvalue weighted by atomic mass is 10.1. The van der Waals surface area contributed by atoms with E-state index in [1.54, 1.807) is 6.20 Å². The predicted molar refractivity (Wildman–Crippen MR) is 87.7 cm³/mol. The summed E-state index contributed by atoms with van der Waals surface area (Å²) in [7, 11) is 1.84. The zero-order chi connectivity index (χ0) is 16.4. The summed E-state index contributed by atoms with van der Waals surface area (Å²) in [6.45, 7) is 2.03. The van der Waals surface area contributed by atoms with Crippen molar-refractivity contribution >= 4 is 11.9 Å². The van der Waals surface area contributed by atoms with Crippen LogP contribution in [-0.4, -0.2) is 15.5 Å². The number of aromatic nitrogens is 2. The van der Waals surface area contributed by atoms with Gasteiger partial charge >= 0.3 is 0 Å². The second-order valence-corrected chi connectivity index (χ2v) is 5.30. The fraction of sp³-hybridized carbons (Fsp3) is 0.111. The third-order valence-electron chi connectivity index (χ3n) is 3.74. The number of amides is 1. The minimum Gasteiger partial charge on any atom is -0.313 e. The van der Waals surface area contributed by atoms with Gasteiger partial charge in [0.25, 0.3) is 5.91 Å². The van der Waals surface area contributed by atoms with E-state index in [-0.39, 0.29) is 11.7 Å². The Kier molecular flexibility index (Phi) is 3.93. The molecule has 5 heteroatoms. The van der Waals surface area contributed by atoms with Crippen molar-refractivity contribution in [3.8, 4) is 11.3 Å². The van der Waals surface area contributed by atoms with Gasteiger partial charge in [-0.25, -0.2) is 9.37 Å². The number of rotatable bonds is 3. The van der Waals surface area contributed by atoms with Crippen LogP contribution in [0, 0.1) is 12.7 Å². The summed E-state index contributed by atoms with van der Waals surface area (Å²) in [4.78, 5) is 16.5. The summed E-state index contributed by atoms with van der Waals surface area (Å²) in [5.41, 5.74) is 3.49. The Bertz CT molecular complexity index is 853. The zero-order valence-corrected chi connectivity index (χ0v) is 12.9. The lowest BCUT2D eigenvalue weighted by molar-refractivity contribution is 0.102. The second kappa shape index (κ2) is 6.04. The van der Waals surface area contributed by atoms with Crippen LogP contribution >= 0.6 is 0 Å². The molecule has 116 valence electrons. The standard InChI is InChI=1S/C18H16FN3O/c1-12-5-3-4-6-15(12)16-11-20-18(22(16)2)21-17(23)13-7-9-14(19)10-8-13/h3-11H,1-2H3,(H,20,21,23). The molecule has 0 bridgehead atoms. The third-order valence-corrected chi connectivity index (χ3v) is 3.74. The number of hydrogen-bond acceptors (Lipinski definition) is 2. The average molecular weight is 309 g/mol. The van der Waals surface area contributed by atoms with Crippen molar-refractivity contribution in [2.45, 2.75) is 6.92 Å². The first-order valence-corrected chi connectivity index (χ1v) is 7.21. The fourth-order valence-corrected chi connectivity index (χ4v) is 2.41. The van der Waals surface area contributed by atoms with E-state index >= 15 is 0 Å². The van der Waals surface area contributed by atoms with Crippen LogP contribution < -0.4 is 5.32 Å². The van der Waals surface area contributed by atoms with Crippen LogP contribution in [0.3, 0.4) is 0 Å². The van der Waals surface area contributed by atoms with E-state index in [1.165, 1.54) is 24.3 Å². The summed E-state index contributed by atoms with van der Waals surface area (Å²) in [6, 6.07) is 13.4. The Labute approximate surface area is 133 Å². The SMILES string of the molecule is Cc1ccccc1-c1cnc(NC(=O)c2ccc(F)cc2)n1C. The van der Waals surface area contributed by atoms with Gasteiger partial charge in [0.2, 0.25) is 5.95 Å². The molecule has 0 aliphatic carbocycles. The molecule has 0 fully saturated rings. The van der Waals surface area contributed by atoms with Crippen molar-refractivity contribution in [2.24, 2.45) is 7.05 Å². The van der Waals surface area contributed by atoms with Gasteiger partial charge in [0.1, 0.15) is 5.82 Å². The maximum Gasteiger partial charge on any atom is 0.257 e. The first-order chi connectivity index (χ1) is 11.1. The van der Waals surface area contributed by atoms with Gasteiger partial charge in [-0.1, -0.05) is 24.3 Å². The van der Waals surface area contributed by atoms with E-state index in [2.05, 4.69) is 10.3 Å². The highest BCUT2D eigenvalue weighted by Gasteiger charge is 2.13. The Morgan fingerprint density at radius 2 is 1.83 bits per heavy atom. The average Bonchev–Trinajstić information content (AvgIpc) is 2.89. The molecule has 1 aromatic heterocycles. The van der Waals surface area contributed by atoms with Crippen LogP contribution in [-0.2, 0) is 7.05 Å². The number of anilines is 1. The van der Waals surface area contributed by atoms with Crippen LogP contribution in [0.1, 0.15) is 15.9 Å². The Hall–Kier alpha value is -2.95. The van der Waals surface area contributed by atoms with Crippen molar-refractivity contribution in [1.29, 1.82) is 0 Å². The molecule has 0 saturated carbocycles. The summed E-state index contributed by atoms with van der Waals surface area (Å²) in [6.07, 6.45) is 1.72. The van der Waals surface area contributed by atoms with Crippen LogP contribution in [0.4, 0.5) is 10.3 Å². The molecule has 0 aliphatic heterocycles. The van der Waals surface area contributed by atoms with Crippen LogP contribution in [0.25, 0.3) is 11.3 Å². The molecule has 23 heavy (non-hydrogen) atoms. The molecule has 3 rings (SSSR count).